The maximum absolute atomic E-state index is 12.1. The number of non-ortho nitro benzene ring substituents is 1. The van der Waals surface area contributed by atoms with Crippen LogP contribution in [0.4, 0.5) is 11.4 Å². The number of nitrogens with one attached hydrogen (secondary N) is 1. The molecule has 1 aromatic carbocycles. The fraction of sp³-hybridized carbons (Fsp3) is 0.500. The van der Waals surface area contributed by atoms with Crippen LogP contribution >= 0.6 is 0 Å². The fourth-order valence-corrected chi connectivity index (χ4v) is 2.71. The van der Waals surface area contributed by atoms with Crippen molar-refractivity contribution in [3.63, 3.8) is 0 Å². The van der Waals surface area contributed by atoms with Gasteiger partial charge in [0.2, 0.25) is 5.91 Å². The van der Waals surface area contributed by atoms with Gasteiger partial charge in [-0.2, -0.15) is 0 Å². The summed E-state index contributed by atoms with van der Waals surface area (Å²) in [5, 5.41) is 22.6. The maximum Gasteiger partial charge on any atom is 0.306 e. The molecule has 0 aromatic heterocycles. The summed E-state index contributed by atoms with van der Waals surface area (Å²) in [5.41, 5.74) is 0.816. The molecule has 0 spiro atoms. The third-order valence-corrected chi connectivity index (χ3v) is 4.17. The molecule has 0 atom stereocenters. The average molecular weight is 335 g/mol. The molecule has 0 aliphatic carbocycles. The van der Waals surface area contributed by atoms with Gasteiger partial charge in [0, 0.05) is 43.9 Å². The molecule has 2 rings (SSSR count). The molecule has 1 heterocycles. The lowest BCUT2D eigenvalue weighted by atomic mass is 9.97. The van der Waals surface area contributed by atoms with E-state index in [2.05, 4.69) is 5.32 Å². The second kappa shape index (κ2) is 8.28. The monoisotopic (exact) mass is 335 g/mol. The van der Waals surface area contributed by atoms with Crippen molar-refractivity contribution in [1.82, 2.24) is 4.90 Å². The van der Waals surface area contributed by atoms with Crippen molar-refractivity contribution in [3.8, 4) is 0 Å². The van der Waals surface area contributed by atoms with Crippen LogP contribution in [0, 0.1) is 16.0 Å². The molecule has 1 aromatic rings. The molecule has 2 N–H and O–H groups in total. The molecule has 1 amide bonds. The second-order valence-electron chi connectivity index (χ2n) is 5.83. The Morgan fingerprint density at radius 2 is 1.88 bits per heavy atom. The zero-order chi connectivity index (χ0) is 17.5. The van der Waals surface area contributed by atoms with Gasteiger partial charge in [-0.25, -0.2) is 0 Å². The number of nitro groups is 1. The van der Waals surface area contributed by atoms with Crippen LogP contribution in [-0.4, -0.2) is 46.4 Å². The molecule has 1 aliphatic rings. The zero-order valence-electron chi connectivity index (χ0n) is 13.3. The fourth-order valence-electron chi connectivity index (χ4n) is 2.71. The minimum absolute atomic E-state index is 0.0421. The number of aliphatic carboxylic acids is 1. The number of carboxylic acids is 1. The van der Waals surface area contributed by atoms with Crippen LogP contribution in [-0.2, 0) is 9.59 Å². The Hall–Kier alpha value is -2.64. The number of hydrogen-bond donors (Lipinski definition) is 2. The van der Waals surface area contributed by atoms with Crippen molar-refractivity contribution >= 4 is 23.3 Å². The van der Waals surface area contributed by atoms with Crippen LogP contribution in [0.2, 0.25) is 0 Å². The average Bonchev–Trinajstić information content (AvgIpc) is 2.59. The number of carbonyl (C=O) groups is 2. The Morgan fingerprint density at radius 1 is 1.25 bits per heavy atom. The third-order valence-electron chi connectivity index (χ3n) is 4.17. The minimum Gasteiger partial charge on any atom is -0.481 e. The van der Waals surface area contributed by atoms with Gasteiger partial charge < -0.3 is 15.3 Å². The van der Waals surface area contributed by atoms with Crippen molar-refractivity contribution in [2.75, 3.05) is 25.0 Å². The van der Waals surface area contributed by atoms with Crippen molar-refractivity contribution in [3.05, 3.63) is 34.4 Å². The summed E-state index contributed by atoms with van der Waals surface area (Å²) < 4.78 is 0. The van der Waals surface area contributed by atoms with Crippen LogP contribution in [0.25, 0.3) is 0 Å². The number of likely N-dealkylation sites (tertiary alicyclic amines) is 1. The molecule has 1 saturated heterocycles. The number of hydrogen-bond acceptors (Lipinski definition) is 5. The van der Waals surface area contributed by atoms with Gasteiger partial charge in [0.15, 0.2) is 0 Å². The number of amides is 1. The van der Waals surface area contributed by atoms with E-state index in [9.17, 15) is 19.7 Å². The number of piperidine rings is 1. The first-order valence-electron chi connectivity index (χ1n) is 7.96. The maximum atomic E-state index is 12.1. The van der Waals surface area contributed by atoms with Crippen molar-refractivity contribution in [1.29, 1.82) is 0 Å². The summed E-state index contributed by atoms with van der Waals surface area (Å²) in [6, 6.07) is 6.13. The van der Waals surface area contributed by atoms with Gasteiger partial charge in [-0.3, -0.25) is 19.7 Å². The predicted molar refractivity (Wildman–Crippen MR) is 87.8 cm³/mol. The first-order chi connectivity index (χ1) is 11.5. The topological polar surface area (TPSA) is 113 Å². The summed E-state index contributed by atoms with van der Waals surface area (Å²) >= 11 is 0. The number of rotatable bonds is 7. The second-order valence-corrected chi connectivity index (χ2v) is 5.83. The highest BCUT2D eigenvalue weighted by atomic mass is 16.6. The number of carboxylic acid groups (broad SMARTS) is 1. The molecule has 1 fully saturated rings. The quantitative estimate of drug-likeness (QED) is 0.448. The summed E-state index contributed by atoms with van der Waals surface area (Å²) in [6.07, 6.45) is 2.08. The number of benzene rings is 1. The van der Waals surface area contributed by atoms with E-state index in [1.807, 2.05) is 0 Å². The van der Waals surface area contributed by atoms with E-state index in [0.717, 1.165) is 5.69 Å². The summed E-state index contributed by atoms with van der Waals surface area (Å²) in [4.78, 5) is 34.8. The lowest BCUT2D eigenvalue weighted by Crippen LogP contribution is -2.40. The Balaban J connectivity index is 1.66. The van der Waals surface area contributed by atoms with Gasteiger partial charge in [0.25, 0.3) is 5.69 Å². The molecule has 130 valence electrons. The molecule has 0 bridgehead atoms. The van der Waals surface area contributed by atoms with E-state index in [1.165, 1.54) is 12.1 Å². The third kappa shape index (κ3) is 4.94. The van der Waals surface area contributed by atoms with Gasteiger partial charge in [0.05, 0.1) is 10.8 Å². The van der Waals surface area contributed by atoms with Crippen molar-refractivity contribution in [2.45, 2.75) is 25.7 Å². The molecule has 0 saturated carbocycles. The van der Waals surface area contributed by atoms with E-state index in [-0.39, 0.29) is 17.5 Å². The summed E-state index contributed by atoms with van der Waals surface area (Å²) in [6.45, 7) is 1.60. The standard InChI is InChI=1S/C16H21N3O5/c20-15(18-10-7-12(8-11-18)16(21)22)2-1-9-17-13-3-5-14(6-4-13)19(23)24/h3-6,12,17H,1-2,7-11H2,(H,21,22). The van der Waals surface area contributed by atoms with Crippen LogP contribution in [0.15, 0.2) is 24.3 Å². The van der Waals surface area contributed by atoms with Gasteiger partial charge in [-0.15, -0.1) is 0 Å². The molecule has 8 heteroatoms. The molecular formula is C16H21N3O5. The largest absolute Gasteiger partial charge is 0.481 e. The summed E-state index contributed by atoms with van der Waals surface area (Å²) in [7, 11) is 0. The van der Waals surface area contributed by atoms with E-state index >= 15 is 0 Å². The Labute approximate surface area is 139 Å². The Kier molecular flexibility index (Phi) is 6.11. The van der Waals surface area contributed by atoms with E-state index in [0.29, 0.717) is 45.3 Å². The van der Waals surface area contributed by atoms with E-state index < -0.39 is 10.9 Å². The van der Waals surface area contributed by atoms with Gasteiger partial charge in [-0.05, 0) is 31.4 Å². The number of nitrogens with zero attached hydrogens (tertiary/aromatic N) is 2. The van der Waals surface area contributed by atoms with Crippen LogP contribution in [0.1, 0.15) is 25.7 Å². The highest BCUT2D eigenvalue weighted by Crippen LogP contribution is 2.18. The van der Waals surface area contributed by atoms with E-state index in [1.54, 1.807) is 17.0 Å². The van der Waals surface area contributed by atoms with Crippen LogP contribution in [0.3, 0.4) is 0 Å². The van der Waals surface area contributed by atoms with Crippen molar-refractivity contribution < 1.29 is 19.6 Å². The smallest absolute Gasteiger partial charge is 0.306 e. The molecule has 0 unspecified atom stereocenters. The first-order valence-corrected chi connectivity index (χ1v) is 7.96. The lowest BCUT2D eigenvalue weighted by Gasteiger charge is -2.30. The minimum atomic E-state index is -0.783. The van der Waals surface area contributed by atoms with Gasteiger partial charge in [-0.1, -0.05) is 0 Å². The molecular weight excluding hydrogens is 314 g/mol. The summed E-state index contributed by atoms with van der Waals surface area (Å²) in [5.74, 6) is -1.07. The highest BCUT2D eigenvalue weighted by molar-refractivity contribution is 5.77. The predicted octanol–water partition coefficient (Wildman–Crippen LogP) is 2.11. The first kappa shape index (κ1) is 17.7. The normalized spacial score (nSPS) is 15.1. The SMILES string of the molecule is O=C(O)C1CCN(C(=O)CCCNc2ccc([N+](=O)[O-])cc2)CC1. The number of carbonyl (C=O) groups excluding carboxylic acids is 1. The highest BCUT2D eigenvalue weighted by Gasteiger charge is 2.26. The van der Waals surface area contributed by atoms with Crippen LogP contribution in [0.5, 0.6) is 0 Å². The Morgan fingerprint density at radius 3 is 2.42 bits per heavy atom. The molecule has 8 nitrogen and oxygen atoms in total. The zero-order valence-corrected chi connectivity index (χ0v) is 13.3. The Bertz CT molecular complexity index is 594. The molecule has 1 aliphatic heterocycles. The number of anilines is 1. The molecule has 0 radical (unpaired) electrons. The molecule has 24 heavy (non-hydrogen) atoms. The number of nitro benzene ring substituents is 1. The lowest BCUT2D eigenvalue weighted by molar-refractivity contribution is -0.384. The van der Waals surface area contributed by atoms with Gasteiger partial charge in [0.1, 0.15) is 0 Å². The van der Waals surface area contributed by atoms with Crippen molar-refractivity contribution in [2.24, 2.45) is 5.92 Å². The van der Waals surface area contributed by atoms with Gasteiger partial charge >= 0.3 is 5.97 Å². The van der Waals surface area contributed by atoms with Crippen LogP contribution < -0.4 is 5.32 Å². The van der Waals surface area contributed by atoms with E-state index in [4.69, 9.17) is 5.11 Å².